The average Bonchev–Trinajstić information content (AvgIpc) is 3.30. The van der Waals surface area contributed by atoms with Crippen LogP contribution in [0.4, 0.5) is 5.69 Å². The van der Waals surface area contributed by atoms with Gasteiger partial charge in [0.25, 0.3) is 5.91 Å². The molecule has 21 heavy (non-hydrogen) atoms. The first-order chi connectivity index (χ1) is 10.2. The predicted octanol–water partition coefficient (Wildman–Crippen LogP) is 1.59. The lowest BCUT2D eigenvalue weighted by atomic mass is 10.1. The van der Waals surface area contributed by atoms with Crippen LogP contribution >= 0.6 is 11.8 Å². The lowest BCUT2D eigenvalue weighted by Gasteiger charge is -2.16. The standard InChI is InChI=1S/C15H19N3O2S/c16-8-12(9-1-2-9)18-15(20)10-3-4-13-11(7-10)17-14(19)5-6-21-13/h3-4,7,9,12H,1-2,5-6,8,16H2,(H,17,19)(H,18,20). The Balaban J connectivity index is 1.76. The van der Waals surface area contributed by atoms with Crippen molar-refractivity contribution in [3.8, 4) is 0 Å². The van der Waals surface area contributed by atoms with Gasteiger partial charge in [-0.15, -0.1) is 11.8 Å². The van der Waals surface area contributed by atoms with Crippen molar-refractivity contribution in [1.82, 2.24) is 5.32 Å². The van der Waals surface area contributed by atoms with E-state index >= 15 is 0 Å². The van der Waals surface area contributed by atoms with Gasteiger partial charge in [-0.2, -0.15) is 0 Å². The first kappa shape index (κ1) is 14.4. The van der Waals surface area contributed by atoms with Crippen LogP contribution in [-0.2, 0) is 4.79 Å². The van der Waals surface area contributed by atoms with E-state index in [9.17, 15) is 9.59 Å². The van der Waals surface area contributed by atoms with E-state index < -0.39 is 0 Å². The minimum Gasteiger partial charge on any atom is -0.348 e. The predicted molar refractivity (Wildman–Crippen MR) is 83.4 cm³/mol. The molecular formula is C15H19N3O2S. The molecule has 1 saturated carbocycles. The highest BCUT2D eigenvalue weighted by molar-refractivity contribution is 7.99. The Morgan fingerprint density at radius 3 is 3.00 bits per heavy atom. The second-order valence-electron chi connectivity index (χ2n) is 5.51. The quantitative estimate of drug-likeness (QED) is 0.788. The summed E-state index contributed by atoms with van der Waals surface area (Å²) in [5, 5.41) is 5.85. The molecule has 0 aromatic heterocycles. The summed E-state index contributed by atoms with van der Waals surface area (Å²) in [5.74, 6) is 1.16. The van der Waals surface area contributed by atoms with Gasteiger partial charge in [-0.05, 0) is 37.0 Å². The lowest BCUT2D eigenvalue weighted by Crippen LogP contribution is -2.41. The smallest absolute Gasteiger partial charge is 0.251 e. The van der Waals surface area contributed by atoms with Crippen LogP contribution in [0.2, 0.25) is 0 Å². The SMILES string of the molecule is NCC(NC(=O)c1ccc2c(c1)NC(=O)CCS2)C1CC1. The van der Waals surface area contributed by atoms with Crippen LogP contribution < -0.4 is 16.4 Å². The second kappa shape index (κ2) is 6.07. The van der Waals surface area contributed by atoms with Crippen LogP contribution in [0.25, 0.3) is 0 Å². The number of hydrogen-bond acceptors (Lipinski definition) is 4. The molecule has 0 saturated heterocycles. The molecule has 1 fully saturated rings. The van der Waals surface area contributed by atoms with Crippen molar-refractivity contribution in [1.29, 1.82) is 0 Å². The largest absolute Gasteiger partial charge is 0.348 e. The summed E-state index contributed by atoms with van der Waals surface area (Å²) in [7, 11) is 0. The summed E-state index contributed by atoms with van der Waals surface area (Å²) in [6, 6.07) is 5.51. The first-order valence-electron chi connectivity index (χ1n) is 7.25. The maximum atomic E-state index is 12.3. The maximum Gasteiger partial charge on any atom is 0.251 e. The van der Waals surface area contributed by atoms with Gasteiger partial charge in [0.05, 0.1) is 5.69 Å². The molecule has 1 aromatic rings. The number of benzene rings is 1. The Morgan fingerprint density at radius 1 is 1.48 bits per heavy atom. The van der Waals surface area contributed by atoms with Gasteiger partial charge < -0.3 is 16.4 Å². The van der Waals surface area contributed by atoms with E-state index in [0.717, 1.165) is 29.2 Å². The van der Waals surface area contributed by atoms with Crippen molar-refractivity contribution >= 4 is 29.3 Å². The first-order valence-corrected chi connectivity index (χ1v) is 8.23. The number of amides is 2. The summed E-state index contributed by atoms with van der Waals surface area (Å²) in [6.07, 6.45) is 2.77. The molecule has 2 amide bonds. The minimum absolute atomic E-state index is 0.00313. The molecule has 0 radical (unpaired) electrons. The molecular weight excluding hydrogens is 286 g/mol. The van der Waals surface area contributed by atoms with E-state index in [4.69, 9.17) is 5.73 Å². The zero-order valence-electron chi connectivity index (χ0n) is 11.7. The van der Waals surface area contributed by atoms with Gasteiger partial charge in [0, 0.05) is 35.2 Å². The molecule has 3 rings (SSSR count). The number of anilines is 1. The van der Waals surface area contributed by atoms with Crippen molar-refractivity contribution in [3.05, 3.63) is 23.8 Å². The van der Waals surface area contributed by atoms with E-state index in [1.165, 1.54) is 0 Å². The van der Waals surface area contributed by atoms with E-state index in [1.807, 2.05) is 6.07 Å². The molecule has 1 aliphatic heterocycles. The van der Waals surface area contributed by atoms with Crippen molar-refractivity contribution in [2.24, 2.45) is 11.7 Å². The average molecular weight is 305 g/mol. The number of rotatable bonds is 4. The van der Waals surface area contributed by atoms with Crippen molar-refractivity contribution < 1.29 is 9.59 Å². The zero-order valence-corrected chi connectivity index (χ0v) is 12.5. The third-order valence-corrected chi connectivity index (χ3v) is 4.94. The molecule has 4 N–H and O–H groups in total. The molecule has 2 aliphatic rings. The Kier molecular flexibility index (Phi) is 4.17. The van der Waals surface area contributed by atoms with Crippen LogP contribution in [0.3, 0.4) is 0 Å². The van der Waals surface area contributed by atoms with Crippen LogP contribution in [0.15, 0.2) is 23.1 Å². The van der Waals surface area contributed by atoms with Gasteiger partial charge in [0.15, 0.2) is 0 Å². The van der Waals surface area contributed by atoms with Crippen molar-refractivity contribution in [2.45, 2.75) is 30.2 Å². The molecule has 0 bridgehead atoms. The number of nitrogens with one attached hydrogen (secondary N) is 2. The highest BCUT2D eigenvalue weighted by Gasteiger charge is 2.31. The normalized spacial score (nSPS) is 19.2. The third kappa shape index (κ3) is 3.39. The van der Waals surface area contributed by atoms with Gasteiger partial charge in [-0.25, -0.2) is 0 Å². The van der Waals surface area contributed by atoms with Gasteiger partial charge in [-0.1, -0.05) is 0 Å². The van der Waals surface area contributed by atoms with Gasteiger partial charge >= 0.3 is 0 Å². The van der Waals surface area contributed by atoms with E-state index in [1.54, 1.807) is 23.9 Å². The number of carbonyl (C=O) groups is 2. The fourth-order valence-electron chi connectivity index (χ4n) is 2.48. The Labute approximate surface area is 128 Å². The fraction of sp³-hybridized carbons (Fsp3) is 0.467. The molecule has 0 spiro atoms. The van der Waals surface area contributed by atoms with E-state index in [2.05, 4.69) is 10.6 Å². The molecule has 1 aliphatic carbocycles. The molecule has 1 unspecified atom stereocenters. The molecule has 5 nitrogen and oxygen atoms in total. The third-order valence-electron chi connectivity index (χ3n) is 3.86. The van der Waals surface area contributed by atoms with Gasteiger partial charge in [0.1, 0.15) is 0 Å². The number of fused-ring (bicyclic) bond motifs is 1. The maximum absolute atomic E-state index is 12.3. The summed E-state index contributed by atoms with van der Waals surface area (Å²) >= 11 is 1.63. The number of carbonyl (C=O) groups excluding carboxylic acids is 2. The van der Waals surface area contributed by atoms with Gasteiger partial charge in [0.2, 0.25) is 5.91 Å². The van der Waals surface area contributed by atoms with E-state index in [-0.39, 0.29) is 17.9 Å². The van der Waals surface area contributed by atoms with Gasteiger partial charge in [-0.3, -0.25) is 9.59 Å². The highest BCUT2D eigenvalue weighted by Crippen LogP contribution is 2.33. The van der Waals surface area contributed by atoms with Crippen LogP contribution in [0.5, 0.6) is 0 Å². The fourth-order valence-corrected chi connectivity index (χ4v) is 3.42. The molecule has 1 heterocycles. The number of thioether (sulfide) groups is 1. The van der Waals surface area contributed by atoms with Crippen molar-refractivity contribution in [3.63, 3.8) is 0 Å². The van der Waals surface area contributed by atoms with Crippen molar-refractivity contribution in [2.75, 3.05) is 17.6 Å². The Morgan fingerprint density at radius 2 is 2.29 bits per heavy atom. The molecule has 112 valence electrons. The topological polar surface area (TPSA) is 84.2 Å². The highest BCUT2D eigenvalue weighted by atomic mass is 32.2. The summed E-state index contributed by atoms with van der Waals surface area (Å²) in [5.41, 5.74) is 7.01. The van der Waals surface area contributed by atoms with Crippen LogP contribution in [0, 0.1) is 5.92 Å². The molecule has 1 atom stereocenters. The minimum atomic E-state index is -0.122. The zero-order chi connectivity index (χ0) is 14.8. The molecule has 1 aromatic carbocycles. The van der Waals surface area contributed by atoms with Crippen LogP contribution in [0.1, 0.15) is 29.6 Å². The van der Waals surface area contributed by atoms with E-state index in [0.29, 0.717) is 24.4 Å². The number of nitrogens with two attached hydrogens (primary N) is 1. The Hall–Kier alpha value is -1.53. The Bertz CT molecular complexity index is 572. The lowest BCUT2D eigenvalue weighted by molar-refractivity contribution is -0.115. The summed E-state index contributed by atoms with van der Waals surface area (Å²) in [4.78, 5) is 24.9. The summed E-state index contributed by atoms with van der Waals surface area (Å²) in [6.45, 7) is 0.466. The summed E-state index contributed by atoms with van der Waals surface area (Å²) < 4.78 is 0. The van der Waals surface area contributed by atoms with Crippen LogP contribution in [-0.4, -0.2) is 30.2 Å². The molecule has 6 heteroatoms. The second-order valence-corrected chi connectivity index (χ2v) is 6.65. The monoisotopic (exact) mass is 305 g/mol. The number of hydrogen-bond donors (Lipinski definition) is 3.